The molecule has 1 aliphatic carbocycles. The minimum atomic E-state index is 0.440. The molecule has 0 nitrogen and oxygen atoms in total. The molecule has 0 aromatic heterocycles. The molecule has 0 atom stereocenters. The van der Waals surface area contributed by atoms with E-state index < -0.39 is 0 Å². The number of halogens is 1. The van der Waals surface area contributed by atoms with Gasteiger partial charge in [-0.05, 0) is 36.0 Å². The summed E-state index contributed by atoms with van der Waals surface area (Å²) >= 11 is 6.03. The van der Waals surface area contributed by atoms with Crippen LogP contribution in [-0.4, -0.2) is 5.88 Å². The first-order valence-corrected chi connectivity index (χ1v) is 5.46. The highest BCUT2D eigenvalue weighted by Crippen LogP contribution is 2.52. The van der Waals surface area contributed by atoms with Gasteiger partial charge in [0.15, 0.2) is 0 Å². The summed E-state index contributed by atoms with van der Waals surface area (Å²) in [5, 5.41) is 0. The van der Waals surface area contributed by atoms with E-state index >= 15 is 0 Å². The summed E-state index contributed by atoms with van der Waals surface area (Å²) in [7, 11) is 0. The van der Waals surface area contributed by atoms with Gasteiger partial charge in [-0.15, -0.1) is 11.6 Å². The summed E-state index contributed by atoms with van der Waals surface area (Å²) in [5.41, 5.74) is 0.925. The van der Waals surface area contributed by atoms with E-state index in [1.54, 1.807) is 0 Å². The summed E-state index contributed by atoms with van der Waals surface area (Å²) in [6.07, 6.45) is 3.97. The van der Waals surface area contributed by atoms with Gasteiger partial charge in [-0.3, -0.25) is 0 Å². The molecule has 0 spiro atoms. The van der Waals surface area contributed by atoms with Crippen molar-refractivity contribution in [3.63, 3.8) is 0 Å². The Labute approximate surface area is 81.7 Å². The quantitative estimate of drug-likeness (QED) is 0.573. The average molecular weight is 189 g/mol. The molecule has 0 heterocycles. The van der Waals surface area contributed by atoms with Gasteiger partial charge in [-0.2, -0.15) is 0 Å². The molecule has 1 rings (SSSR count). The molecule has 12 heavy (non-hydrogen) atoms. The minimum absolute atomic E-state index is 0.440. The van der Waals surface area contributed by atoms with Crippen molar-refractivity contribution in [1.82, 2.24) is 0 Å². The Morgan fingerprint density at radius 1 is 1.33 bits per heavy atom. The molecule has 1 fully saturated rings. The van der Waals surface area contributed by atoms with Crippen LogP contribution in [0.4, 0.5) is 0 Å². The first kappa shape index (κ1) is 10.4. The molecule has 0 amide bonds. The molecular formula is C11H21Cl. The summed E-state index contributed by atoms with van der Waals surface area (Å²) < 4.78 is 0. The fourth-order valence-electron chi connectivity index (χ4n) is 2.84. The van der Waals surface area contributed by atoms with Crippen LogP contribution in [0.1, 0.15) is 47.0 Å². The topological polar surface area (TPSA) is 0 Å². The lowest BCUT2D eigenvalue weighted by molar-refractivity contribution is 0.0434. The Kier molecular flexibility index (Phi) is 2.78. The van der Waals surface area contributed by atoms with Crippen molar-refractivity contribution in [1.29, 1.82) is 0 Å². The zero-order valence-corrected chi connectivity index (χ0v) is 9.54. The maximum Gasteiger partial charge on any atom is 0.0280 e. The van der Waals surface area contributed by atoms with Crippen molar-refractivity contribution in [3.8, 4) is 0 Å². The maximum atomic E-state index is 6.03. The molecule has 1 heteroatoms. The van der Waals surface area contributed by atoms with Gasteiger partial charge in [0.25, 0.3) is 0 Å². The van der Waals surface area contributed by atoms with Gasteiger partial charge in [0, 0.05) is 5.88 Å². The molecule has 0 N–H and O–H groups in total. The highest BCUT2D eigenvalue weighted by Gasteiger charge is 2.43. The van der Waals surface area contributed by atoms with E-state index in [1.165, 1.54) is 19.3 Å². The van der Waals surface area contributed by atoms with Crippen LogP contribution in [0.2, 0.25) is 0 Å². The van der Waals surface area contributed by atoms with Crippen LogP contribution in [0, 0.1) is 16.7 Å². The Balaban J connectivity index is 2.48. The van der Waals surface area contributed by atoms with E-state index in [4.69, 9.17) is 11.6 Å². The van der Waals surface area contributed by atoms with Crippen molar-refractivity contribution in [2.45, 2.75) is 47.0 Å². The molecule has 0 aromatic carbocycles. The Bertz CT molecular complexity index is 149. The zero-order chi connectivity index (χ0) is 9.41. The summed E-state index contributed by atoms with van der Waals surface area (Å²) in [6.45, 7) is 9.26. The lowest BCUT2D eigenvalue weighted by atomic mass is 9.58. The third-order valence-electron chi connectivity index (χ3n) is 2.75. The third kappa shape index (κ3) is 2.39. The van der Waals surface area contributed by atoms with Crippen LogP contribution >= 0.6 is 11.6 Å². The van der Waals surface area contributed by atoms with Crippen LogP contribution in [0.15, 0.2) is 0 Å². The van der Waals surface area contributed by atoms with E-state index in [0.717, 1.165) is 11.8 Å². The van der Waals surface area contributed by atoms with Gasteiger partial charge < -0.3 is 0 Å². The number of alkyl halides is 1. The van der Waals surface area contributed by atoms with Gasteiger partial charge in [0.2, 0.25) is 0 Å². The molecule has 0 saturated heterocycles. The molecular weight excluding hydrogens is 168 g/mol. The standard InChI is InChI=1S/C11H21Cl/c1-9-5-11(6-9,8-12)7-10(2,3)4/h9H,5-8H2,1-4H3. The Morgan fingerprint density at radius 2 is 1.83 bits per heavy atom. The first-order chi connectivity index (χ1) is 5.37. The predicted octanol–water partition coefficient (Wildman–Crippen LogP) is 4.08. The summed E-state index contributed by atoms with van der Waals surface area (Å²) in [6, 6.07) is 0. The van der Waals surface area contributed by atoms with Gasteiger partial charge in [0.05, 0.1) is 0 Å². The first-order valence-electron chi connectivity index (χ1n) is 4.93. The molecule has 0 bridgehead atoms. The Hall–Kier alpha value is 0.290. The minimum Gasteiger partial charge on any atom is -0.126 e. The van der Waals surface area contributed by atoms with E-state index in [0.29, 0.717) is 10.8 Å². The molecule has 1 saturated carbocycles. The molecule has 0 aliphatic heterocycles. The van der Waals surface area contributed by atoms with Crippen LogP contribution < -0.4 is 0 Å². The predicted molar refractivity (Wildman–Crippen MR) is 55.6 cm³/mol. The molecule has 72 valence electrons. The van der Waals surface area contributed by atoms with Crippen molar-refractivity contribution < 1.29 is 0 Å². The van der Waals surface area contributed by atoms with Crippen molar-refractivity contribution in [2.75, 3.05) is 5.88 Å². The summed E-state index contributed by atoms with van der Waals surface area (Å²) in [5.74, 6) is 1.76. The van der Waals surface area contributed by atoms with Crippen molar-refractivity contribution in [2.24, 2.45) is 16.7 Å². The number of rotatable bonds is 2. The second-order valence-corrected chi connectivity index (χ2v) is 6.15. The van der Waals surface area contributed by atoms with Crippen LogP contribution in [0.5, 0.6) is 0 Å². The Morgan fingerprint density at radius 3 is 2.08 bits per heavy atom. The SMILES string of the molecule is CC1CC(CCl)(CC(C)(C)C)C1. The van der Waals surface area contributed by atoms with Gasteiger partial charge in [-0.25, -0.2) is 0 Å². The second-order valence-electron chi connectivity index (χ2n) is 5.88. The number of hydrogen-bond donors (Lipinski definition) is 0. The van der Waals surface area contributed by atoms with E-state index in [-0.39, 0.29) is 0 Å². The van der Waals surface area contributed by atoms with Crippen LogP contribution in [-0.2, 0) is 0 Å². The fraction of sp³-hybridized carbons (Fsp3) is 1.00. The lowest BCUT2D eigenvalue weighted by Crippen LogP contribution is -2.40. The highest BCUT2D eigenvalue weighted by molar-refractivity contribution is 6.18. The van der Waals surface area contributed by atoms with Crippen molar-refractivity contribution in [3.05, 3.63) is 0 Å². The van der Waals surface area contributed by atoms with Crippen LogP contribution in [0.3, 0.4) is 0 Å². The average Bonchev–Trinajstić information content (AvgIpc) is 1.80. The molecule has 0 unspecified atom stereocenters. The lowest BCUT2D eigenvalue weighted by Gasteiger charge is -2.48. The zero-order valence-electron chi connectivity index (χ0n) is 8.78. The largest absolute Gasteiger partial charge is 0.126 e. The second kappa shape index (κ2) is 3.21. The highest BCUT2D eigenvalue weighted by atomic mass is 35.5. The smallest absolute Gasteiger partial charge is 0.0280 e. The summed E-state index contributed by atoms with van der Waals surface area (Å²) in [4.78, 5) is 0. The van der Waals surface area contributed by atoms with Gasteiger partial charge in [-0.1, -0.05) is 27.7 Å². The molecule has 0 aromatic rings. The fourth-order valence-corrected chi connectivity index (χ4v) is 3.16. The molecule has 1 aliphatic rings. The third-order valence-corrected chi connectivity index (χ3v) is 3.32. The maximum absolute atomic E-state index is 6.03. The van der Waals surface area contributed by atoms with E-state index in [9.17, 15) is 0 Å². The van der Waals surface area contributed by atoms with E-state index in [2.05, 4.69) is 27.7 Å². The van der Waals surface area contributed by atoms with Gasteiger partial charge >= 0.3 is 0 Å². The number of hydrogen-bond acceptors (Lipinski definition) is 0. The molecule has 0 radical (unpaired) electrons. The van der Waals surface area contributed by atoms with E-state index in [1.807, 2.05) is 0 Å². The monoisotopic (exact) mass is 188 g/mol. The van der Waals surface area contributed by atoms with Gasteiger partial charge in [0.1, 0.15) is 0 Å². The van der Waals surface area contributed by atoms with Crippen LogP contribution in [0.25, 0.3) is 0 Å². The normalized spacial score (nSPS) is 36.2. The van der Waals surface area contributed by atoms with Crippen molar-refractivity contribution >= 4 is 11.6 Å².